The van der Waals surface area contributed by atoms with Crippen molar-refractivity contribution >= 4 is 11.3 Å². The molecule has 0 amide bonds. The van der Waals surface area contributed by atoms with Crippen LogP contribution >= 0.6 is 11.3 Å². The maximum absolute atomic E-state index is 4.11. The van der Waals surface area contributed by atoms with E-state index in [-0.39, 0.29) is 0 Å². The molecule has 0 saturated heterocycles. The summed E-state index contributed by atoms with van der Waals surface area (Å²) in [6.45, 7) is 6.63. The summed E-state index contributed by atoms with van der Waals surface area (Å²) in [6, 6.07) is 0. The molecule has 1 atom stereocenters. The molecular weight excluding hydrogens is 192 g/mol. The predicted molar refractivity (Wildman–Crippen MR) is 62.8 cm³/mol. The lowest BCUT2D eigenvalue weighted by Crippen LogP contribution is -2.23. The number of nitrogens with zero attached hydrogens (tertiary/aromatic N) is 1. The molecule has 14 heavy (non-hydrogen) atoms. The topological polar surface area (TPSA) is 24.9 Å². The van der Waals surface area contributed by atoms with Crippen LogP contribution in [0.5, 0.6) is 0 Å². The zero-order valence-corrected chi connectivity index (χ0v) is 9.94. The number of aromatic nitrogens is 1. The predicted octanol–water partition coefficient (Wildman–Crippen LogP) is 2.71. The Bertz CT molecular complexity index is 221. The molecule has 0 saturated carbocycles. The van der Waals surface area contributed by atoms with Gasteiger partial charge in [0.05, 0.1) is 5.51 Å². The molecule has 0 aliphatic rings. The molecule has 3 heteroatoms. The molecule has 2 nitrogen and oxygen atoms in total. The summed E-state index contributed by atoms with van der Waals surface area (Å²) in [5.74, 6) is 0.778. The van der Waals surface area contributed by atoms with Crippen molar-refractivity contribution in [2.75, 3.05) is 13.1 Å². The first kappa shape index (κ1) is 11.7. The molecule has 1 aromatic heterocycles. The molecule has 0 fully saturated rings. The Morgan fingerprint density at radius 1 is 1.50 bits per heavy atom. The van der Waals surface area contributed by atoms with Crippen LogP contribution in [0.3, 0.4) is 0 Å². The van der Waals surface area contributed by atoms with Gasteiger partial charge in [0, 0.05) is 11.1 Å². The molecule has 1 N–H and O–H groups in total. The monoisotopic (exact) mass is 212 g/mol. The smallest absolute Gasteiger partial charge is 0.0794 e. The van der Waals surface area contributed by atoms with Crippen molar-refractivity contribution in [1.29, 1.82) is 0 Å². The Balaban J connectivity index is 2.34. The summed E-state index contributed by atoms with van der Waals surface area (Å²) in [6.07, 6.45) is 5.77. The number of hydrogen-bond acceptors (Lipinski definition) is 3. The fourth-order valence-corrected chi connectivity index (χ4v) is 2.37. The summed E-state index contributed by atoms with van der Waals surface area (Å²) in [5, 5.41) is 3.43. The highest BCUT2D eigenvalue weighted by atomic mass is 32.1. The van der Waals surface area contributed by atoms with Crippen LogP contribution in [0.25, 0.3) is 0 Å². The van der Waals surface area contributed by atoms with Gasteiger partial charge in [-0.2, -0.15) is 0 Å². The van der Waals surface area contributed by atoms with E-state index in [1.807, 2.05) is 11.7 Å². The van der Waals surface area contributed by atoms with Gasteiger partial charge >= 0.3 is 0 Å². The maximum Gasteiger partial charge on any atom is 0.0794 e. The second kappa shape index (κ2) is 6.96. The molecule has 0 aliphatic heterocycles. The van der Waals surface area contributed by atoms with Gasteiger partial charge < -0.3 is 5.32 Å². The van der Waals surface area contributed by atoms with Gasteiger partial charge in [0.25, 0.3) is 0 Å². The average Bonchev–Trinajstić information content (AvgIpc) is 2.67. The normalized spacial score (nSPS) is 13.0. The van der Waals surface area contributed by atoms with Gasteiger partial charge in [-0.1, -0.05) is 20.3 Å². The van der Waals surface area contributed by atoms with Crippen LogP contribution in [0.1, 0.15) is 31.6 Å². The van der Waals surface area contributed by atoms with Crippen molar-refractivity contribution in [2.24, 2.45) is 5.92 Å². The molecule has 0 bridgehead atoms. The molecule has 0 aliphatic carbocycles. The fraction of sp³-hybridized carbons (Fsp3) is 0.727. The lowest BCUT2D eigenvalue weighted by atomic mass is 9.99. The second-order valence-electron chi connectivity index (χ2n) is 3.63. The third kappa shape index (κ3) is 4.20. The third-order valence-electron chi connectivity index (χ3n) is 2.35. The summed E-state index contributed by atoms with van der Waals surface area (Å²) in [4.78, 5) is 5.53. The molecule has 0 spiro atoms. The van der Waals surface area contributed by atoms with Crippen LogP contribution in [0.4, 0.5) is 0 Å². The van der Waals surface area contributed by atoms with E-state index in [0.717, 1.165) is 19.0 Å². The van der Waals surface area contributed by atoms with E-state index in [4.69, 9.17) is 0 Å². The van der Waals surface area contributed by atoms with Gasteiger partial charge in [0.15, 0.2) is 0 Å². The highest BCUT2D eigenvalue weighted by molar-refractivity contribution is 7.09. The Hall–Kier alpha value is -0.410. The number of nitrogens with one attached hydrogen (secondary N) is 1. The first-order valence-electron chi connectivity index (χ1n) is 5.44. The first-order valence-corrected chi connectivity index (χ1v) is 6.32. The van der Waals surface area contributed by atoms with E-state index in [1.54, 1.807) is 11.3 Å². The second-order valence-corrected chi connectivity index (χ2v) is 4.61. The third-order valence-corrected chi connectivity index (χ3v) is 3.16. The zero-order valence-electron chi connectivity index (χ0n) is 9.12. The summed E-state index contributed by atoms with van der Waals surface area (Å²) in [7, 11) is 0. The van der Waals surface area contributed by atoms with Crippen LogP contribution in [-0.2, 0) is 6.42 Å². The van der Waals surface area contributed by atoms with Gasteiger partial charge in [-0.05, 0) is 31.8 Å². The van der Waals surface area contributed by atoms with Crippen molar-refractivity contribution in [3.63, 3.8) is 0 Å². The molecule has 1 heterocycles. The zero-order chi connectivity index (χ0) is 10.2. The Morgan fingerprint density at radius 3 is 2.93 bits per heavy atom. The van der Waals surface area contributed by atoms with E-state index in [1.165, 1.54) is 24.1 Å². The Labute approximate surface area is 90.8 Å². The van der Waals surface area contributed by atoms with Crippen molar-refractivity contribution in [3.05, 3.63) is 16.6 Å². The van der Waals surface area contributed by atoms with Crippen LogP contribution in [0.15, 0.2) is 11.7 Å². The largest absolute Gasteiger partial charge is 0.317 e. The fourth-order valence-electron chi connectivity index (χ4n) is 1.66. The van der Waals surface area contributed by atoms with Crippen molar-refractivity contribution in [2.45, 2.75) is 33.1 Å². The first-order chi connectivity index (χ1) is 6.86. The maximum atomic E-state index is 4.11. The van der Waals surface area contributed by atoms with E-state index in [2.05, 4.69) is 24.1 Å². The highest BCUT2D eigenvalue weighted by Gasteiger charge is 2.08. The summed E-state index contributed by atoms with van der Waals surface area (Å²) >= 11 is 1.77. The van der Waals surface area contributed by atoms with Crippen LogP contribution < -0.4 is 5.32 Å². The summed E-state index contributed by atoms with van der Waals surface area (Å²) < 4.78 is 0. The molecule has 1 rings (SSSR count). The quantitative estimate of drug-likeness (QED) is 0.751. The minimum Gasteiger partial charge on any atom is -0.317 e. The SMILES string of the molecule is CCCC(CNCC)Cc1cncs1. The number of hydrogen-bond donors (Lipinski definition) is 1. The van der Waals surface area contributed by atoms with Gasteiger partial charge in [0.2, 0.25) is 0 Å². The summed E-state index contributed by atoms with van der Waals surface area (Å²) in [5.41, 5.74) is 1.92. The minimum atomic E-state index is 0.778. The average molecular weight is 212 g/mol. The standard InChI is InChI=1S/C11H20N2S/c1-3-5-10(7-12-4-2)6-11-8-13-9-14-11/h8-10,12H,3-7H2,1-2H3. The minimum absolute atomic E-state index is 0.778. The lowest BCUT2D eigenvalue weighted by Gasteiger charge is -2.14. The molecule has 0 radical (unpaired) electrons. The van der Waals surface area contributed by atoms with E-state index in [9.17, 15) is 0 Å². The molecule has 1 unspecified atom stereocenters. The van der Waals surface area contributed by atoms with Crippen LogP contribution in [-0.4, -0.2) is 18.1 Å². The van der Waals surface area contributed by atoms with Crippen molar-refractivity contribution < 1.29 is 0 Å². The number of rotatable bonds is 7. The van der Waals surface area contributed by atoms with Gasteiger partial charge in [-0.15, -0.1) is 11.3 Å². The van der Waals surface area contributed by atoms with E-state index >= 15 is 0 Å². The molecule has 0 aromatic carbocycles. The molecule has 1 aromatic rings. The van der Waals surface area contributed by atoms with Crippen LogP contribution in [0.2, 0.25) is 0 Å². The lowest BCUT2D eigenvalue weighted by molar-refractivity contribution is 0.447. The van der Waals surface area contributed by atoms with Crippen molar-refractivity contribution in [3.8, 4) is 0 Å². The highest BCUT2D eigenvalue weighted by Crippen LogP contribution is 2.16. The Kier molecular flexibility index (Phi) is 5.80. The molecular formula is C11H20N2S. The number of thiazole rings is 1. The van der Waals surface area contributed by atoms with Gasteiger partial charge in [0.1, 0.15) is 0 Å². The van der Waals surface area contributed by atoms with Crippen LogP contribution in [0, 0.1) is 5.92 Å². The van der Waals surface area contributed by atoms with Gasteiger partial charge in [-0.3, -0.25) is 4.98 Å². The van der Waals surface area contributed by atoms with Crippen molar-refractivity contribution in [1.82, 2.24) is 10.3 Å². The Morgan fingerprint density at radius 2 is 2.36 bits per heavy atom. The molecule has 80 valence electrons. The van der Waals surface area contributed by atoms with E-state index in [0.29, 0.717) is 0 Å². The van der Waals surface area contributed by atoms with Gasteiger partial charge in [-0.25, -0.2) is 0 Å². The van der Waals surface area contributed by atoms with E-state index < -0.39 is 0 Å².